The number of rotatable bonds is 3. The third-order valence-electron chi connectivity index (χ3n) is 2.75. The summed E-state index contributed by atoms with van der Waals surface area (Å²) in [6, 6.07) is 7.01. The molecule has 0 aliphatic heterocycles. The molecule has 3 rings (SSSR count). The number of nitrogens with zero attached hydrogens (tertiary/aromatic N) is 4. The highest BCUT2D eigenvalue weighted by molar-refractivity contribution is 9.10. The average Bonchev–Trinajstić information content (AvgIpc) is 3.00. The molecule has 0 atom stereocenters. The summed E-state index contributed by atoms with van der Waals surface area (Å²) in [5.41, 5.74) is 7.67. The van der Waals surface area contributed by atoms with Crippen molar-refractivity contribution in [2.75, 3.05) is 12.8 Å². The molecular weight excluding hydrogens is 338 g/mol. The molecule has 2 heterocycles. The molecule has 21 heavy (non-hydrogen) atoms. The monoisotopic (exact) mass is 347 g/mol. The lowest BCUT2D eigenvalue weighted by atomic mass is 10.2. The first kappa shape index (κ1) is 13.5. The Hall–Kier alpha value is -2.48. The number of nitrogens with two attached hydrogens (primary N) is 1. The minimum absolute atomic E-state index is 0.360. The topological polar surface area (TPSA) is 100.0 Å². The normalized spacial score (nSPS) is 10.6. The predicted molar refractivity (Wildman–Crippen MR) is 79.4 cm³/mol. The smallest absolute Gasteiger partial charge is 0.258 e. The largest absolute Gasteiger partial charge is 0.481 e. The van der Waals surface area contributed by atoms with E-state index in [1.165, 1.54) is 13.4 Å². The Balaban J connectivity index is 1.97. The molecule has 0 aliphatic carbocycles. The van der Waals surface area contributed by atoms with Crippen molar-refractivity contribution in [2.24, 2.45) is 0 Å². The van der Waals surface area contributed by atoms with Gasteiger partial charge in [0.1, 0.15) is 12.0 Å². The van der Waals surface area contributed by atoms with Gasteiger partial charge >= 0.3 is 0 Å². The van der Waals surface area contributed by atoms with Crippen LogP contribution in [0, 0.1) is 0 Å². The third kappa shape index (κ3) is 2.70. The van der Waals surface area contributed by atoms with E-state index in [2.05, 4.69) is 36.0 Å². The number of methoxy groups -OCH3 is 1. The fraction of sp³-hybridized carbons (Fsp3) is 0.0769. The predicted octanol–water partition coefficient (Wildman–Crippen LogP) is 2.55. The molecule has 0 radical (unpaired) electrons. The van der Waals surface area contributed by atoms with Gasteiger partial charge in [-0.25, -0.2) is 9.97 Å². The summed E-state index contributed by atoms with van der Waals surface area (Å²) < 4.78 is 11.1. The van der Waals surface area contributed by atoms with Gasteiger partial charge < -0.3 is 15.0 Å². The summed E-state index contributed by atoms with van der Waals surface area (Å²) in [5.74, 6) is 1.17. The summed E-state index contributed by atoms with van der Waals surface area (Å²) in [6.07, 6.45) is 1.38. The van der Waals surface area contributed by atoms with Crippen LogP contribution >= 0.6 is 15.9 Å². The van der Waals surface area contributed by atoms with Crippen LogP contribution in [0.5, 0.6) is 5.88 Å². The van der Waals surface area contributed by atoms with Crippen LogP contribution in [-0.4, -0.2) is 27.2 Å². The number of hydrogen-bond donors (Lipinski definition) is 1. The molecule has 8 heteroatoms. The standard InChI is InChI=1S/C13H10BrN5O2/c1-20-11-5-10(16-6-17-11)12-18-13(21-19-12)7-2-3-9(15)8(14)4-7/h2-6H,15H2,1H3. The number of aromatic nitrogens is 4. The first-order chi connectivity index (χ1) is 10.2. The minimum Gasteiger partial charge on any atom is -0.481 e. The Morgan fingerprint density at radius 2 is 2.10 bits per heavy atom. The van der Waals surface area contributed by atoms with Crippen molar-refractivity contribution in [2.45, 2.75) is 0 Å². The van der Waals surface area contributed by atoms with Gasteiger partial charge in [0.15, 0.2) is 0 Å². The van der Waals surface area contributed by atoms with Crippen molar-refractivity contribution >= 4 is 21.6 Å². The van der Waals surface area contributed by atoms with Gasteiger partial charge in [0.05, 0.1) is 7.11 Å². The van der Waals surface area contributed by atoms with Gasteiger partial charge in [-0.3, -0.25) is 0 Å². The fourth-order valence-electron chi connectivity index (χ4n) is 1.68. The van der Waals surface area contributed by atoms with E-state index in [9.17, 15) is 0 Å². The molecule has 0 saturated heterocycles. The molecule has 0 unspecified atom stereocenters. The van der Waals surface area contributed by atoms with E-state index in [-0.39, 0.29) is 0 Å². The minimum atomic E-state index is 0.360. The zero-order chi connectivity index (χ0) is 14.8. The van der Waals surface area contributed by atoms with Gasteiger partial charge in [-0.1, -0.05) is 5.16 Å². The second-order valence-electron chi connectivity index (χ2n) is 4.11. The van der Waals surface area contributed by atoms with Crippen molar-refractivity contribution in [3.8, 4) is 28.9 Å². The van der Waals surface area contributed by atoms with E-state index >= 15 is 0 Å². The summed E-state index contributed by atoms with van der Waals surface area (Å²) in [5, 5.41) is 3.91. The molecule has 0 spiro atoms. The Bertz CT molecular complexity index is 790. The van der Waals surface area contributed by atoms with Crippen LogP contribution in [-0.2, 0) is 0 Å². The summed E-state index contributed by atoms with van der Waals surface area (Å²) in [7, 11) is 1.53. The first-order valence-corrected chi connectivity index (χ1v) is 6.72. The van der Waals surface area contributed by atoms with Gasteiger partial charge in [-0.15, -0.1) is 0 Å². The van der Waals surface area contributed by atoms with Crippen molar-refractivity contribution in [3.05, 3.63) is 35.1 Å². The maximum absolute atomic E-state index is 5.75. The maximum Gasteiger partial charge on any atom is 0.258 e. The molecule has 0 fully saturated rings. The fourth-order valence-corrected chi connectivity index (χ4v) is 2.06. The van der Waals surface area contributed by atoms with Crippen LogP contribution in [0.15, 0.2) is 39.6 Å². The first-order valence-electron chi connectivity index (χ1n) is 5.93. The maximum atomic E-state index is 5.75. The highest BCUT2D eigenvalue weighted by atomic mass is 79.9. The van der Waals surface area contributed by atoms with Crippen molar-refractivity contribution in [1.82, 2.24) is 20.1 Å². The van der Waals surface area contributed by atoms with Crippen molar-refractivity contribution in [3.63, 3.8) is 0 Å². The summed E-state index contributed by atoms with van der Waals surface area (Å²) >= 11 is 3.36. The van der Waals surface area contributed by atoms with Gasteiger partial charge in [-0.2, -0.15) is 4.98 Å². The Morgan fingerprint density at radius 1 is 1.24 bits per heavy atom. The zero-order valence-corrected chi connectivity index (χ0v) is 12.5. The lowest BCUT2D eigenvalue weighted by molar-refractivity contribution is 0.397. The van der Waals surface area contributed by atoms with Crippen LogP contribution in [0.2, 0.25) is 0 Å². The molecule has 7 nitrogen and oxygen atoms in total. The Kier molecular flexibility index (Phi) is 3.53. The summed E-state index contributed by atoms with van der Waals surface area (Å²) in [6.45, 7) is 0. The van der Waals surface area contributed by atoms with E-state index in [0.29, 0.717) is 29.0 Å². The van der Waals surface area contributed by atoms with Gasteiger partial charge in [-0.05, 0) is 34.1 Å². The van der Waals surface area contributed by atoms with Gasteiger partial charge in [0.25, 0.3) is 5.89 Å². The van der Waals surface area contributed by atoms with Crippen molar-refractivity contribution in [1.29, 1.82) is 0 Å². The molecule has 106 valence electrons. The number of anilines is 1. The van der Waals surface area contributed by atoms with E-state index in [1.54, 1.807) is 18.2 Å². The van der Waals surface area contributed by atoms with E-state index in [1.807, 2.05) is 6.07 Å². The molecule has 0 saturated carbocycles. The molecule has 2 N–H and O–H groups in total. The Labute approximate surface area is 128 Å². The van der Waals surface area contributed by atoms with E-state index < -0.39 is 0 Å². The zero-order valence-electron chi connectivity index (χ0n) is 10.9. The van der Waals surface area contributed by atoms with Crippen LogP contribution < -0.4 is 10.5 Å². The SMILES string of the molecule is COc1cc(-c2noc(-c3ccc(N)c(Br)c3)n2)ncn1. The lowest BCUT2D eigenvalue weighted by Crippen LogP contribution is -1.92. The van der Waals surface area contributed by atoms with Crippen LogP contribution in [0.3, 0.4) is 0 Å². The van der Waals surface area contributed by atoms with Crippen LogP contribution in [0.4, 0.5) is 5.69 Å². The highest BCUT2D eigenvalue weighted by Crippen LogP contribution is 2.27. The molecule has 3 aromatic rings. The quantitative estimate of drug-likeness (QED) is 0.726. The number of hydrogen-bond acceptors (Lipinski definition) is 7. The van der Waals surface area contributed by atoms with E-state index in [0.717, 1.165) is 10.0 Å². The number of ether oxygens (including phenoxy) is 1. The second-order valence-corrected chi connectivity index (χ2v) is 4.96. The average molecular weight is 348 g/mol. The molecule has 1 aromatic carbocycles. The number of benzene rings is 1. The molecule has 0 bridgehead atoms. The third-order valence-corrected chi connectivity index (χ3v) is 3.44. The molecular formula is C13H10BrN5O2. The Morgan fingerprint density at radius 3 is 2.86 bits per heavy atom. The van der Waals surface area contributed by atoms with Crippen LogP contribution in [0.25, 0.3) is 23.0 Å². The molecule has 0 amide bonds. The molecule has 0 aliphatic rings. The second kappa shape index (κ2) is 5.49. The van der Waals surface area contributed by atoms with Crippen molar-refractivity contribution < 1.29 is 9.26 Å². The number of halogens is 1. The van der Waals surface area contributed by atoms with Gasteiger partial charge in [0, 0.05) is 21.8 Å². The van der Waals surface area contributed by atoms with Gasteiger partial charge in [0.2, 0.25) is 11.7 Å². The summed E-state index contributed by atoms with van der Waals surface area (Å²) in [4.78, 5) is 12.3. The number of nitrogen functional groups attached to an aromatic ring is 1. The lowest BCUT2D eigenvalue weighted by Gasteiger charge is -1.99. The highest BCUT2D eigenvalue weighted by Gasteiger charge is 2.13. The van der Waals surface area contributed by atoms with E-state index in [4.69, 9.17) is 15.0 Å². The molecule has 2 aromatic heterocycles. The van der Waals surface area contributed by atoms with Crippen LogP contribution in [0.1, 0.15) is 0 Å².